The van der Waals surface area contributed by atoms with Gasteiger partial charge in [-0.15, -0.1) is 0 Å². The highest BCUT2D eigenvalue weighted by atomic mass is 32.2. The zero-order valence-corrected chi connectivity index (χ0v) is 23.6. The molecule has 210 valence electrons. The zero-order chi connectivity index (χ0) is 27.7. The van der Waals surface area contributed by atoms with E-state index in [1.165, 1.54) is 0 Å². The second kappa shape index (κ2) is 11.5. The molecule has 0 radical (unpaired) electrons. The first-order valence-electron chi connectivity index (χ1n) is 13.5. The van der Waals surface area contributed by atoms with E-state index in [1.54, 1.807) is 19.4 Å². The van der Waals surface area contributed by atoms with Crippen molar-refractivity contribution in [1.82, 2.24) is 19.9 Å². The van der Waals surface area contributed by atoms with Crippen molar-refractivity contribution in [2.24, 2.45) is 5.92 Å². The maximum absolute atomic E-state index is 14.4. The molecule has 3 aromatic heterocycles. The Morgan fingerprint density at radius 2 is 1.95 bits per heavy atom. The number of hydrogen-bond acceptors (Lipinski definition) is 11. The average molecular weight is 556 g/mol. The minimum atomic E-state index is -1.58. The van der Waals surface area contributed by atoms with Crippen LogP contribution >= 0.6 is 0 Å². The van der Waals surface area contributed by atoms with Crippen LogP contribution in [-0.2, 0) is 19.5 Å². The Hall–Kier alpha value is -3.12. The van der Waals surface area contributed by atoms with Crippen LogP contribution in [0.3, 0.4) is 0 Å². The van der Waals surface area contributed by atoms with Gasteiger partial charge >= 0.3 is 0 Å². The van der Waals surface area contributed by atoms with Gasteiger partial charge in [0.05, 0.1) is 12.6 Å². The van der Waals surface area contributed by atoms with Crippen LogP contribution in [0.15, 0.2) is 30.7 Å². The average Bonchev–Trinajstić information content (AvgIpc) is 2.89. The van der Waals surface area contributed by atoms with Gasteiger partial charge in [0.1, 0.15) is 23.6 Å². The van der Waals surface area contributed by atoms with Crippen LogP contribution in [0.4, 0.5) is 27.8 Å². The molecule has 10 nitrogen and oxygen atoms in total. The van der Waals surface area contributed by atoms with Gasteiger partial charge in [0.25, 0.3) is 0 Å². The predicted molar refractivity (Wildman–Crippen MR) is 152 cm³/mol. The van der Waals surface area contributed by atoms with E-state index in [0.29, 0.717) is 30.5 Å². The lowest BCUT2D eigenvalue weighted by molar-refractivity contribution is 0.0194. The fraction of sp³-hybridized carbons (Fsp3) is 0.556. The molecule has 2 fully saturated rings. The molecule has 3 aromatic rings. The second-order valence-corrected chi connectivity index (χ2v) is 11.8. The minimum absolute atomic E-state index is 0.115. The molecule has 0 saturated carbocycles. The first-order valence-corrected chi connectivity index (χ1v) is 14.7. The number of nitrogens with zero attached hydrogens (tertiary/aromatic N) is 6. The van der Waals surface area contributed by atoms with Crippen LogP contribution in [-0.4, -0.2) is 70.8 Å². The fourth-order valence-electron chi connectivity index (χ4n) is 5.53. The van der Waals surface area contributed by atoms with E-state index in [-0.39, 0.29) is 23.6 Å². The number of rotatable bonds is 9. The van der Waals surface area contributed by atoms with Crippen molar-refractivity contribution in [3.63, 3.8) is 0 Å². The molecule has 39 heavy (non-hydrogen) atoms. The van der Waals surface area contributed by atoms with Gasteiger partial charge < -0.3 is 28.8 Å². The molecule has 12 heteroatoms. The highest BCUT2D eigenvalue weighted by Gasteiger charge is 2.32. The van der Waals surface area contributed by atoms with Crippen molar-refractivity contribution in [2.75, 3.05) is 48.4 Å². The van der Waals surface area contributed by atoms with Gasteiger partial charge in [0, 0.05) is 50.7 Å². The number of piperidine rings is 1. The van der Waals surface area contributed by atoms with Crippen LogP contribution in [0.25, 0.3) is 10.8 Å². The van der Waals surface area contributed by atoms with Crippen LogP contribution in [0.5, 0.6) is 0 Å². The minimum Gasteiger partial charge on any atom is -0.444 e. The molecule has 2 N–H and O–H groups in total. The SMILES string of the molecule is CCC(C1CN(c2ncc(C(C)C)c3cc(Nc4ccnc(N5CC[C@@H](OC)[C@@H](F)C5)n4)ncc23)C1)[S-](=N)=O. The number of aromatic nitrogens is 4. The maximum atomic E-state index is 14.4. The smallest absolute Gasteiger partial charge is 0.227 e. The summed E-state index contributed by atoms with van der Waals surface area (Å²) in [6.45, 7) is 8.55. The Kier molecular flexibility index (Phi) is 8.13. The molecule has 0 spiro atoms. The van der Waals surface area contributed by atoms with Crippen LogP contribution < -0.4 is 15.1 Å². The number of ether oxygens (including phenoxy) is 1. The van der Waals surface area contributed by atoms with Crippen molar-refractivity contribution in [3.8, 4) is 0 Å². The molecule has 1 unspecified atom stereocenters. The van der Waals surface area contributed by atoms with Gasteiger partial charge in [-0.05, 0) is 41.3 Å². The molecule has 2 aliphatic heterocycles. The van der Waals surface area contributed by atoms with Crippen molar-refractivity contribution in [2.45, 2.75) is 57.1 Å². The summed E-state index contributed by atoms with van der Waals surface area (Å²) in [7, 11) is -0.0351. The van der Waals surface area contributed by atoms with Crippen molar-refractivity contribution >= 4 is 44.8 Å². The monoisotopic (exact) mass is 555 g/mol. The number of nitrogens with one attached hydrogen (secondary N) is 2. The number of alkyl halides is 1. The van der Waals surface area contributed by atoms with Gasteiger partial charge in [-0.2, -0.15) is 15.6 Å². The third kappa shape index (κ3) is 5.62. The summed E-state index contributed by atoms with van der Waals surface area (Å²) in [5, 5.41) is 5.20. The highest BCUT2D eigenvalue weighted by molar-refractivity contribution is 7.74. The molecule has 2 saturated heterocycles. The van der Waals surface area contributed by atoms with E-state index in [9.17, 15) is 8.60 Å². The first-order chi connectivity index (χ1) is 18.8. The van der Waals surface area contributed by atoms with Gasteiger partial charge in [-0.3, -0.25) is 0 Å². The molecule has 0 amide bonds. The normalized spacial score (nSPS) is 21.0. The van der Waals surface area contributed by atoms with Crippen LogP contribution in [0, 0.1) is 10.7 Å². The molecular weight excluding hydrogens is 519 g/mol. The summed E-state index contributed by atoms with van der Waals surface area (Å²) < 4.78 is 39.2. The van der Waals surface area contributed by atoms with Crippen molar-refractivity contribution in [3.05, 3.63) is 36.3 Å². The van der Waals surface area contributed by atoms with Gasteiger partial charge in [0.15, 0.2) is 0 Å². The van der Waals surface area contributed by atoms with Crippen molar-refractivity contribution < 1.29 is 13.3 Å². The third-order valence-corrected chi connectivity index (χ3v) is 9.05. The summed E-state index contributed by atoms with van der Waals surface area (Å²) in [5.74, 6) is 3.04. The predicted octanol–water partition coefficient (Wildman–Crippen LogP) is 4.79. The van der Waals surface area contributed by atoms with E-state index in [4.69, 9.17) is 14.5 Å². The zero-order valence-electron chi connectivity index (χ0n) is 22.8. The molecule has 0 aromatic carbocycles. The summed E-state index contributed by atoms with van der Waals surface area (Å²) in [4.78, 5) is 22.5. The Morgan fingerprint density at radius 1 is 1.15 bits per heavy atom. The topological polar surface area (TPSA) is 120 Å². The van der Waals surface area contributed by atoms with Gasteiger partial charge in [-0.25, -0.2) is 19.3 Å². The number of methoxy groups -OCH3 is 1. The van der Waals surface area contributed by atoms with E-state index in [0.717, 1.165) is 41.7 Å². The van der Waals surface area contributed by atoms with Crippen LogP contribution in [0.1, 0.15) is 45.1 Å². The number of pyridine rings is 2. The summed E-state index contributed by atoms with van der Waals surface area (Å²) >= 11 is 0. The summed E-state index contributed by atoms with van der Waals surface area (Å²) in [6.07, 6.45) is 5.26. The molecule has 5 rings (SSSR count). The number of anilines is 4. The van der Waals surface area contributed by atoms with Crippen molar-refractivity contribution in [1.29, 1.82) is 4.78 Å². The summed E-state index contributed by atoms with van der Waals surface area (Å²) in [5.41, 5.74) is 1.12. The first kappa shape index (κ1) is 27.4. The van der Waals surface area contributed by atoms with E-state index < -0.39 is 22.9 Å². The summed E-state index contributed by atoms with van der Waals surface area (Å²) in [6, 6.07) is 3.79. The molecule has 0 bridgehead atoms. The quantitative estimate of drug-likeness (QED) is 0.359. The molecular formula is C27H36FN8O2S-. The third-order valence-electron chi connectivity index (χ3n) is 7.78. The Bertz CT molecular complexity index is 1390. The number of halogens is 1. The van der Waals surface area contributed by atoms with Gasteiger partial charge in [0.2, 0.25) is 5.95 Å². The Balaban J connectivity index is 1.38. The van der Waals surface area contributed by atoms with E-state index in [1.807, 2.05) is 30.3 Å². The molecule has 2 aliphatic rings. The van der Waals surface area contributed by atoms with Gasteiger partial charge in [-0.1, -0.05) is 32.4 Å². The van der Waals surface area contributed by atoms with E-state index >= 15 is 0 Å². The lowest BCUT2D eigenvalue weighted by atomic mass is 9.93. The Morgan fingerprint density at radius 3 is 2.62 bits per heavy atom. The second-order valence-electron chi connectivity index (χ2n) is 10.6. The maximum Gasteiger partial charge on any atom is 0.227 e. The number of fused-ring (bicyclic) bond motifs is 1. The van der Waals surface area contributed by atoms with E-state index in [2.05, 4.69) is 39.0 Å². The Labute approximate surface area is 230 Å². The lowest BCUT2D eigenvalue weighted by Crippen LogP contribution is -2.52. The molecule has 5 heterocycles. The largest absolute Gasteiger partial charge is 0.444 e. The molecule has 0 aliphatic carbocycles. The lowest BCUT2D eigenvalue weighted by Gasteiger charge is -2.45. The standard InChI is InChI=1S/C27H36FN8O2S/c1-5-23(39(29)37)17-13-36(14-17)26-20-12-31-25(10-18(20)19(11-32-26)16(2)3)33-24-6-8-30-27(34-24)35-9-7-22(38-4)21(28)15-35/h6,8,10-12,16-17,21-23,29H,5,7,9,13-15H2,1-4H3,(H,30,31,33,34)/q-1/t21-,22+,23?/m0/s1. The fourth-order valence-corrected chi connectivity index (χ4v) is 6.36. The van der Waals surface area contributed by atoms with Crippen LogP contribution in [0.2, 0.25) is 0 Å². The molecule has 3 atom stereocenters. The number of hydrogen-bond donors (Lipinski definition) is 2. The highest BCUT2D eigenvalue weighted by Crippen LogP contribution is 2.36.